The lowest BCUT2D eigenvalue weighted by Gasteiger charge is -2.10. The van der Waals surface area contributed by atoms with Gasteiger partial charge in [-0.2, -0.15) is 0 Å². The highest BCUT2D eigenvalue weighted by Gasteiger charge is 2.12. The molecule has 0 bridgehead atoms. The number of ether oxygens (including phenoxy) is 1. The largest absolute Gasteiger partial charge is 0.493 e. The fraction of sp³-hybridized carbons (Fsp3) is 0.211. The first-order valence-corrected chi connectivity index (χ1v) is 9.63. The molecular weight excluding hydrogens is 450 g/mol. The van der Waals surface area contributed by atoms with Gasteiger partial charge in [-0.15, -0.1) is 0 Å². The van der Waals surface area contributed by atoms with Crippen molar-refractivity contribution in [1.29, 1.82) is 0 Å². The van der Waals surface area contributed by atoms with Gasteiger partial charge in [0.1, 0.15) is 5.75 Å². The Kier molecular flexibility index (Phi) is 8.28. The molecule has 0 fully saturated rings. The van der Waals surface area contributed by atoms with Crippen LogP contribution in [0.4, 0.5) is 5.69 Å². The Labute approximate surface area is 175 Å². The van der Waals surface area contributed by atoms with E-state index in [1.54, 1.807) is 42.5 Å². The molecule has 0 spiro atoms. The van der Waals surface area contributed by atoms with Gasteiger partial charge in [-0.05, 0) is 53.2 Å². The smallest absolute Gasteiger partial charge is 0.269 e. The highest BCUT2D eigenvalue weighted by Crippen LogP contribution is 2.26. The molecule has 3 N–H and O–H groups in total. The standard InChI is InChI=1S/C19H19BrClN3O4/c1-2-28-16-8-7-12(11-13(16)20)19(27)24-23-18(26)10-9-17(25)22-15-6-4-3-5-14(15)21/h3-8,11H,2,9-10H2,1H3,(H,22,25)(H,23,26)(H,24,27). The highest BCUT2D eigenvalue weighted by atomic mass is 79.9. The van der Waals surface area contributed by atoms with Crippen LogP contribution in [0.2, 0.25) is 5.02 Å². The van der Waals surface area contributed by atoms with Crippen LogP contribution < -0.4 is 20.9 Å². The zero-order chi connectivity index (χ0) is 20.5. The molecule has 0 heterocycles. The Bertz CT molecular complexity index is 876. The summed E-state index contributed by atoms with van der Waals surface area (Å²) in [6, 6.07) is 11.6. The number of para-hydroxylation sites is 1. The van der Waals surface area contributed by atoms with E-state index >= 15 is 0 Å². The maximum absolute atomic E-state index is 12.1. The van der Waals surface area contributed by atoms with Gasteiger partial charge in [0.05, 0.1) is 21.8 Å². The average Bonchev–Trinajstić information content (AvgIpc) is 2.68. The number of carbonyl (C=O) groups excluding carboxylic acids is 3. The Balaban J connectivity index is 1.77. The lowest BCUT2D eigenvalue weighted by molar-refractivity contribution is -0.124. The fourth-order valence-corrected chi connectivity index (χ4v) is 2.85. The van der Waals surface area contributed by atoms with Gasteiger partial charge in [0.15, 0.2) is 0 Å². The number of hydrogen-bond acceptors (Lipinski definition) is 4. The predicted octanol–water partition coefficient (Wildman–Crippen LogP) is 3.68. The van der Waals surface area contributed by atoms with E-state index in [1.165, 1.54) is 0 Å². The van der Waals surface area contributed by atoms with Gasteiger partial charge in [0, 0.05) is 18.4 Å². The molecule has 3 amide bonds. The fourth-order valence-electron chi connectivity index (χ4n) is 2.18. The molecule has 0 saturated carbocycles. The predicted molar refractivity (Wildman–Crippen MR) is 110 cm³/mol. The minimum Gasteiger partial charge on any atom is -0.493 e. The molecule has 2 aromatic carbocycles. The number of anilines is 1. The summed E-state index contributed by atoms with van der Waals surface area (Å²) >= 11 is 9.28. The summed E-state index contributed by atoms with van der Waals surface area (Å²) in [5.41, 5.74) is 5.40. The summed E-state index contributed by atoms with van der Waals surface area (Å²) in [5.74, 6) is -0.720. The summed E-state index contributed by atoms with van der Waals surface area (Å²) in [5, 5.41) is 3.03. The van der Waals surface area contributed by atoms with Crippen molar-refractivity contribution >= 4 is 50.9 Å². The van der Waals surface area contributed by atoms with Crippen LogP contribution in [0, 0.1) is 0 Å². The number of hydrogen-bond donors (Lipinski definition) is 3. The van der Waals surface area contributed by atoms with E-state index in [0.717, 1.165) is 0 Å². The van der Waals surface area contributed by atoms with Gasteiger partial charge >= 0.3 is 0 Å². The normalized spacial score (nSPS) is 10.1. The number of carbonyl (C=O) groups is 3. The SMILES string of the molecule is CCOc1ccc(C(=O)NNC(=O)CCC(=O)Nc2ccccc2Cl)cc1Br. The van der Waals surface area contributed by atoms with Crippen LogP contribution in [0.3, 0.4) is 0 Å². The average molecular weight is 469 g/mol. The number of amides is 3. The first-order chi connectivity index (χ1) is 13.4. The first kappa shape index (κ1) is 21.7. The molecule has 2 rings (SSSR count). The molecule has 0 radical (unpaired) electrons. The van der Waals surface area contributed by atoms with Crippen LogP contribution >= 0.6 is 27.5 Å². The lowest BCUT2D eigenvalue weighted by atomic mass is 10.2. The van der Waals surface area contributed by atoms with Gasteiger partial charge in [0.25, 0.3) is 5.91 Å². The summed E-state index contributed by atoms with van der Waals surface area (Å²) in [4.78, 5) is 35.9. The van der Waals surface area contributed by atoms with E-state index in [1.807, 2.05) is 6.92 Å². The number of halogens is 2. The Morgan fingerprint density at radius 1 is 1.04 bits per heavy atom. The van der Waals surface area contributed by atoms with Crippen LogP contribution in [0.5, 0.6) is 5.75 Å². The molecule has 28 heavy (non-hydrogen) atoms. The summed E-state index contributed by atoms with van der Waals surface area (Å²) < 4.78 is 6.01. The second-order valence-electron chi connectivity index (χ2n) is 5.61. The van der Waals surface area contributed by atoms with E-state index in [9.17, 15) is 14.4 Å². The van der Waals surface area contributed by atoms with Gasteiger partial charge in [0.2, 0.25) is 11.8 Å². The van der Waals surface area contributed by atoms with Crippen LogP contribution in [0.15, 0.2) is 46.9 Å². The van der Waals surface area contributed by atoms with E-state index in [0.29, 0.717) is 33.1 Å². The van der Waals surface area contributed by atoms with E-state index < -0.39 is 11.8 Å². The van der Waals surface area contributed by atoms with E-state index in [4.69, 9.17) is 16.3 Å². The van der Waals surface area contributed by atoms with Gasteiger partial charge in [-0.25, -0.2) is 0 Å². The Morgan fingerprint density at radius 3 is 2.43 bits per heavy atom. The molecular formula is C19H19BrClN3O4. The van der Waals surface area contributed by atoms with Gasteiger partial charge < -0.3 is 10.1 Å². The molecule has 0 atom stereocenters. The highest BCUT2D eigenvalue weighted by molar-refractivity contribution is 9.10. The number of nitrogens with one attached hydrogen (secondary N) is 3. The molecule has 0 saturated heterocycles. The second-order valence-corrected chi connectivity index (χ2v) is 6.87. The number of benzene rings is 2. The Hall–Kier alpha value is -2.58. The Morgan fingerprint density at radius 2 is 1.75 bits per heavy atom. The van der Waals surface area contributed by atoms with Gasteiger partial charge in [-0.1, -0.05) is 23.7 Å². The van der Waals surface area contributed by atoms with Crippen molar-refractivity contribution < 1.29 is 19.1 Å². The van der Waals surface area contributed by atoms with Gasteiger partial charge in [-0.3, -0.25) is 25.2 Å². The third-order valence-corrected chi connectivity index (χ3v) is 4.49. The maximum Gasteiger partial charge on any atom is 0.269 e. The van der Waals surface area contributed by atoms with Crippen molar-refractivity contribution in [3.05, 3.63) is 57.5 Å². The second kappa shape index (κ2) is 10.7. The first-order valence-electron chi connectivity index (χ1n) is 8.46. The van der Waals surface area contributed by atoms with Crippen molar-refractivity contribution in [1.82, 2.24) is 10.9 Å². The quantitative estimate of drug-likeness (QED) is 0.540. The molecule has 0 aliphatic rings. The van der Waals surface area contributed by atoms with Crippen molar-refractivity contribution in [2.45, 2.75) is 19.8 Å². The van der Waals surface area contributed by atoms with Crippen LogP contribution in [-0.4, -0.2) is 24.3 Å². The van der Waals surface area contributed by atoms with E-state index in [2.05, 4.69) is 32.1 Å². The summed E-state index contributed by atoms with van der Waals surface area (Å²) in [6.07, 6.45) is -0.148. The minimum atomic E-state index is -0.493. The molecule has 2 aromatic rings. The third kappa shape index (κ3) is 6.54. The van der Waals surface area contributed by atoms with Crippen LogP contribution in [0.1, 0.15) is 30.1 Å². The minimum absolute atomic E-state index is 0.0540. The summed E-state index contributed by atoms with van der Waals surface area (Å²) in [6.45, 7) is 2.36. The number of rotatable bonds is 7. The number of hydrazine groups is 1. The van der Waals surface area contributed by atoms with Crippen molar-refractivity contribution in [3.8, 4) is 5.75 Å². The van der Waals surface area contributed by atoms with Crippen molar-refractivity contribution in [3.63, 3.8) is 0 Å². The molecule has 0 aliphatic heterocycles. The van der Waals surface area contributed by atoms with Crippen LogP contribution in [0.25, 0.3) is 0 Å². The zero-order valence-electron chi connectivity index (χ0n) is 15.1. The van der Waals surface area contributed by atoms with Crippen molar-refractivity contribution in [2.24, 2.45) is 0 Å². The van der Waals surface area contributed by atoms with E-state index in [-0.39, 0.29) is 18.7 Å². The molecule has 7 nitrogen and oxygen atoms in total. The molecule has 9 heteroatoms. The summed E-state index contributed by atoms with van der Waals surface area (Å²) in [7, 11) is 0. The molecule has 0 unspecified atom stereocenters. The maximum atomic E-state index is 12.1. The molecule has 0 aliphatic carbocycles. The lowest BCUT2D eigenvalue weighted by Crippen LogP contribution is -2.41. The van der Waals surface area contributed by atoms with Crippen molar-refractivity contribution in [2.75, 3.05) is 11.9 Å². The monoisotopic (exact) mass is 467 g/mol. The third-order valence-electron chi connectivity index (χ3n) is 3.54. The molecule has 148 valence electrons. The van der Waals surface area contributed by atoms with Crippen LogP contribution in [-0.2, 0) is 9.59 Å². The zero-order valence-corrected chi connectivity index (χ0v) is 17.4. The molecule has 0 aromatic heterocycles. The topological polar surface area (TPSA) is 96.5 Å².